The van der Waals surface area contributed by atoms with Crippen LogP contribution in [0.15, 0.2) is 0 Å². The standard InChI is InChI=1S/C15H25N3O3/c1-2-17(10-13(19)20)12-8-11(9-12)16-14(21)18-7-6-15(18)4-3-5-15/h11-12H,2-10H2,1H3,(H,16,21)(H,19,20). The molecule has 6 heteroatoms. The molecular weight excluding hydrogens is 270 g/mol. The first-order valence-electron chi connectivity index (χ1n) is 8.08. The van der Waals surface area contributed by atoms with Gasteiger partial charge < -0.3 is 15.3 Å². The number of nitrogens with zero attached hydrogens (tertiary/aromatic N) is 2. The largest absolute Gasteiger partial charge is 0.480 e. The van der Waals surface area contributed by atoms with Crippen molar-refractivity contribution in [3.63, 3.8) is 0 Å². The van der Waals surface area contributed by atoms with Crippen LogP contribution < -0.4 is 5.32 Å². The van der Waals surface area contributed by atoms with Gasteiger partial charge in [-0.1, -0.05) is 6.92 Å². The summed E-state index contributed by atoms with van der Waals surface area (Å²) in [7, 11) is 0. The smallest absolute Gasteiger partial charge is 0.318 e. The minimum Gasteiger partial charge on any atom is -0.480 e. The quantitative estimate of drug-likeness (QED) is 0.801. The first-order chi connectivity index (χ1) is 10.0. The highest BCUT2D eigenvalue weighted by atomic mass is 16.4. The fourth-order valence-corrected chi connectivity index (χ4v) is 3.89. The predicted octanol–water partition coefficient (Wildman–Crippen LogP) is 1.26. The molecule has 1 saturated heterocycles. The molecular formula is C15H25N3O3. The average Bonchev–Trinajstić information content (AvgIpc) is 2.27. The van der Waals surface area contributed by atoms with E-state index >= 15 is 0 Å². The Morgan fingerprint density at radius 1 is 1.33 bits per heavy atom. The van der Waals surface area contributed by atoms with Crippen LogP contribution in [0.2, 0.25) is 0 Å². The third-order valence-corrected chi connectivity index (χ3v) is 5.60. The Morgan fingerprint density at radius 3 is 2.48 bits per heavy atom. The lowest BCUT2D eigenvalue weighted by atomic mass is 9.68. The molecule has 0 unspecified atom stereocenters. The number of amides is 2. The van der Waals surface area contributed by atoms with Gasteiger partial charge in [-0.3, -0.25) is 9.69 Å². The van der Waals surface area contributed by atoms with Crippen molar-refractivity contribution in [3.05, 3.63) is 0 Å². The zero-order valence-corrected chi connectivity index (χ0v) is 12.7. The minimum absolute atomic E-state index is 0.0886. The number of carbonyl (C=O) groups is 2. The summed E-state index contributed by atoms with van der Waals surface area (Å²) < 4.78 is 0. The molecule has 21 heavy (non-hydrogen) atoms. The summed E-state index contributed by atoms with van der Waals surface area (Å²) in [5, 5.41) is 12.0. The molecule has 0 atom stereocenters. The average molecular weight is 295 g/mol. The summed E-state index contributed by atoms with van der Waals surface area (Å²) in [4.78, 5) is 27.1. The Labute approximate surface area is 125 Å². The predicted molar refractivity (Wildman–Crippen MR) is 78.1 cm³/mol. The van der Waals surface area contributed by atoms with Crippen LogP contribution in [0.4, 0.5) is 4.79 Å². The van der Waals surface area contributed by atoms with Gasteiger partial charge in [0.2, 0.25) is 0 Å². The molecule has 0 aromatic carbocycles. The summed E-state index contributed by atoms with van der Waals surface area (Å²) in [5.41, 5.74) is 0.200. The lowest BCUT2D eigenvalue weighted by molar-refractivity contribution is -0.139. The van der Waals surface area contributed by atoms with Crippen molar-refractivity contribution < 1.29 is 14.7 Å². The molecule has 3 rings (SSSR count). The van der Waals surface area contributed by atoms with Crippen LogP contribution in [0.25, 0.3) is 0 Å². The summed E-state index contributed by atoms with van der Waals surface area (Å²) in [6.07, 6.45) is 6.47. The third-order valence-electron chi connectivity index (χ3n) is 5.60. The van der Waals surface area contributed by atoms with E-state index in [9.17, 15) is 9.59 Å². The zero-order chi connectivity index (χ0) is 15.0. The molecule has 2 N–H and O–H groups in total. The van der Waals surface area contributed by atoms with E-state index in [1.54, 1.807) is 0 Å². The molecule has 1 heterocycles. The topological polar surface area (TPSA) is 72.9 Å². The van der Waals surface area contributed by atoms with E-state index in [1.807, 2.05) is 16.7 Å². The van der Waals surface area contributed by atoms with Gasteiger partial charge in [-0.25, -0.2) is 4.79 Å². The molecule has 2 saturated carbocycles. The Morgan fingerprint density at radius 2 is 2.05 bits per heavy atom. The van der Waals surface area contributed by atoms with E-state index in [0.29, 0.717) is 6.04 Å². The molecule has 2 amide bonds. The van der Waals surface area contributed by atoms with E-state index in [4.69, 9.17) is 5.11 Å². The molecule has 3 fully saturated rings. The summed E-state index contributed by atoms with van der Waals surface area (Å²) >= 11 is 0. The number of carboxylic acid groups (broad SMARTS) is 1. The summed E-state index contributed by atoms with van der Waals surface area (Å²) in [5.74, 6) is -0.781. The second-order valence-electron chi connectivity index (χ2n) is 6.71. The van der Waals surface area contributed by atoms with E-state index in [0.717, 1.165) is 45.2 Å². The van der Waals surface area contributed by atoms with Crippen molar-refractivity contribution >= 4 is 12.0 Å². The number of carbonyl (C=O) groups excluding carboxylic acids is 1. The van der Waals surface area contributed by atoms with Gasteiger partial charge in [0, 0.05) is 24.2 Å². The molecule has 1 aliphatic heterocycles. The minimum atomic E-state index is -0.781. The van der Waals surface area contributed by atoms with Crippen molar-refractivity contribution in [2.24, 2.45) is 0 Å². The normalized spacial score (nSPS) is 29.5. The number of aliphatic carboxylic acids is 1. The Bertz CT molecular complexity index is 424. The molecule has 2 aliphatic carbocycles. The number of urea groups is 1. The van der Waals surface area contributed by atoms with Gasteiger partial charge in [-0.15, -0.1) is 0 Å². The maximum absolute atomic E-state index is 12.3. The molecule has 0 bridgehead atoms. The van der Waals surface area contributed by atoms with Crippen molar-refractivity contribution in [1.82, 2.24) is 15.1 Å². The lowest BCUT2D eigenvalue weighted by Gasteiger charge is -2.58. The van der Waals surface area contributed by atoms with Crippen LogP contribution in [-0.2, 0) is 4.79 Å². The molecule has 0 aromatic rings. The van der Waals surface area contributed by atoms with E-state index in [-0.39, 0.29) is 24.2 Å². The van der Waals surface area contributed by atoms with E-state index < -0.39 is 5.97 Å². The fraction of sp³-hybridized carbons (Fsp3) is 0.867. The molecule has 3 aliphatic rings. The first-order valence-corrected chi connectivity index (χ1v) is 8.08. The number of likely N-dealkylation sites (tertiary alicyclic amines) is 1. The van der Waals surface area contributed by atoms with Crippen LogP contribution in [0, 0.1) is 0 Å². The van der Waals surface area contributed by atoms with Gasteiger partial charge in [0.05, 0.1) is 6.54 Å². The number of likely N-dealkylation sites (N-methyl/N-ethyl adjacent to an activating group) is 1. The number of rotatable bonds is 5. The van der Waals surface area contributed by atoms with Gasteiger partial charge in [0.15, 0.2) is 0 Å². The van der Waals surface area contributed by atoms with Gasteiger partial charge in [-0.2, -0.15) is 0 Å². The van der Waals surface area contributed by atoms with Crippen LogP contribution in [-0.4, -0.2) is 64.2 Å². The number of hydrogen-bond acceptors (Lipinski definition) is 3. The van der Waals surface area contributed by atoms with E-state index in [2.05, 4.69) is 5.32 Å². The third kappa shape index (κ3) is 2.61. The van der Waals surface area contributed by atoms with Crippen molar-refractivity contribution in [3.8, 4) is 0 Å². The summed E-state index contributed by atoms with van der Waals surface area (Å²) in [6, 6.07) is 0.596. The SMILES string of the molecule is CCN(CC(=O)O)C1CC(NC(=O)N2CCC23CCC3)C1. The Balaban J connectivity index is 1.42. The maximum atomic E-state index is 12.3. The van der Waals surface area contributed by atoms with Crippen molar-refractivity contribution in [1.29, 1.82) is 0 Å². The number of hydrogen-bond donors (Lipinski definition) is 2. The highest BCUT2D eigenvalue weighted by Gasteiger charge is 2.51. The molecule has 6 nitrogen and oxygen atoms in total. The number of nitrogens with one attached hydrogen (secondary N) is 1. The first kappa shape index (κ1) is 14.6. The molecule has 0 radical (unpaired) electrons. The molecule has 118 valence electrons. The summed E-state index contributed by atoms with van der Waals surface area (Å²) in [6.45, 7) is 3.71. The molecule has 1 spiro atoms. The highest BCUT2D eigenvalue weighted by molar-refractivity contribution is 5.77. The Kier molecular flexibility index (Phi) is 3.82. The van der Waals surface area contributed by atoms with Crippen LogP contribution in [0.3, 0.4) is 0 Å². The second-order valence-corrected chi connectivity index (χ2v) is 6.71. The monoisotopic (exact) mass is 295 g/mol. The van der Waals surface area contributed by atoms with E-state index in [1.165, 1.54) is 6.42 Å². The Hall–Kier alpha value is -1.30. The highest BCUT2D eigenvalue weighted by Crippen LogP contribution is 2.47. The van der Waals surface area contributed by atoms with Crippen LogP contribution in [0.5, 0.6) is 0 Å². The van der Waals surface area contributed by atoms with Gasteiger partial charge in [-0.05, 0) is 45.1 Å². The van der Waals surface area contributed by atoms with Crippen molar-refractivity contribution in [2.45, 2.75) is 63.1 Å². The maximum Gasteiger partial charge on any atom is 0.318 e. The number of carboxylic acids is 1. The van der Waals surface area contributed by atoms with Crippen LogP contribution >= 0.6 is 0 Å². The van der Waals surface area contributed by atoms with Gasteiger partial charge in [0.1, 0.15) is 0 Å². The zero-order valence-electron chi connectivity index (χ0n) is 12.7. The van der Waals surface area contributed by atoms with Crippen LogP contribution in [0.1, 0.15) is 45.4 Å². The second kappa shape index (κ2) is 5.48. The van der Waals surface area contributed by atoms with Crippen molar-refractivity contribution in [2.75, 3.05) is 19.6 Å². The van der Waals surface area contributed by atoms with Gasteiger partial charge >= 0.3 is 12.0 Å². The molecule has 0 aromatic heterocycles. The lowest BCUT2D eigenvalue weighted by Crippen LogP contribution is -2.69. The fourth-order valence-electron chi connectivity index (χ4n) is 3.89. The van der Waals surface area contributed by atoms with Gasteiger partial charge in [0.25, 0.3) is 0 Å².